The van der Waals surface area contributed by atoms with Crippen molar-refractivity contribution in [3.05, 3.63) is 34.3 Å². The lowest BCUT2D eigenvalue weighted by Gasteiger charge is -2.06. The molecule has 0 atom stereocenters. The molecule has 1 aromatic rings. The summed E-state index contributed by atoms with van der Waals surface area (Å²) in [5, 5.41) is 9.23. The summed E-state index contributed by atoms with van der Waals surface area (Å²) in [6.07, 6.45) is 0. The third-order valence-corrected chi connectivity index (χ3v) is 2.05. The number of carbonyl (C=O) groups is 1. The monoisotopic (exact) mass is 198 g/mol. The van der Waals surface area contributed by atoms with Crippen LogP contribution in [0.15, 0.2) is 18.2 Å². The molecular formula is C10H11ClO2. The first-order valence-corrected chi connectivity index (χ1v) is 4.42. The molecule has 0 spiro atoms. The van der Waals surface area contributed by atoms with E-state index in [1.54, 1.807) is 12.1 Å². The van der Waals surface area contributed by atoms with Crippen molar-refractivity contribution in [2.24, 2.45) is 0 Å². The molecule has 3 heteroatoms. The second-order valence-corrected chi connectivity index (χ2v) is 3.67. The molecule has 0 fully saturated rings. The first kappa shape index (κ1) is 10.1. The summed E-state index contributed by atoms with van der Waals surface area (Å²) in [4.78, 5) is 10.7. The van der Waals surface area contributed by atoms with Crippen LogP contribution in [-0.2, 0) is 0 Å². The van der Waals surface area contributed by atoms with Crippen LogP contribution in [0.3, 0.4) is 0 Å². The molecule has 0 saturated heterocycles. The molecule has 0 heterocycles. The van der Waals surface area contributed by atoms with E-state index in [0.29, 0.717) is 5.02 Å². The lowest BCUT2D eigenvalue weighted by atomic mass is 10.0. The van der Waals surface area contributed by atoms with Gasteiger partial charge in [-0.2, -0.15) is 0 Å². The Kier molecular flexibility index (Phi) is 2.94. The van der Waals surface area contributed by atoms with Gasteiger partial charge in [0, 0.05) is 5.02 Å². The van der Waals surface area contributed by atoms with E-state index in [9.17, 15) is 4.79 Å². The number of rotatable bonds is 2. The normalized spacial score (nSPS) is 10.5. The minimum atomic E-state index is -0.940. The second kappa shape index (κ2) is 3.79. The highest BCUT2D eigenvalue weighted by Crippen LogP contribution is 2.21. The minimum Gasteiger partial charge on any atom is -0.478 e. The van der Waals surface area contributed by atoms with Gasteiger partial charge in [0.2, 0.25) is 0 Å². The lowest BCUT2D eigenvalue weighted by molar-refractivity contribution is 0.0697. The molecule has 1 aromatic carbocycles. The fraction of sp³-hybridized carbons (Fsp3) is 0.300. The van der Waals surface area contributed by atoms with Gasteiger partial charge >= 0.3 is 5.97 Å². The van der Waals surface area contributed by atoms with Crippen molar-refractivity contribution >= 4 is 17.6 Å². The average Bonchev–Trinajstić information content (AvgIpc) is 2.03. The summed E-state index contributed by atoms with van der Waals surface area (Å²) in [7, 11) is 0. The summed E-state index contributed by atoms with van der Waals surface area (Å²) in [6, 6.07) is 4.90. The van der Waals surface area contributed by atoms with Crippen LogP contribution >= 0.6 is 11.6 Å². The predicted molar refractivity (Wildman–Crippen MR) is 52.5 cm³/mol. The second-order valence-electron chi connectivity index (χ2n) is 3.23. The predicted octanol–water partition coefficient (Wildman–Crippen LogP) is 3.16. The molecule has 0 amide bonds. The third-order valence-electron chi connectivity index (χ3n) is 1.83. The number of carboxylic acid groups (broad SMARTS) is 1. The fourth-order valence-electron chi connectivity index (χ4n) is 1.07. The largest absolute Gasteiger partial charge is 0.478 e. The third kappa shape index (κ3) is 2.46. The van der Waals surface area contributed by atoms with Crippen molar-refractivity contribution in [1.82, 2.24) is 0 Å². The molecule has 70 valence electrons. The Labute approximate surface area is 82.2 Å². The smallest absolute Gasteiger partial charge is 0.335 e. The summed E-state index contributed by atoms with van der Waals surface area (Å²) in [6.45, 7) is 3.99. The van der Waals surface area contributed by atoms with E-state index in [4.69, 9.17) is 16.7 Å². The zero-order chi connectivity index (χ0) is 10.0. The molecule has 0 aromatic heterocycles. The Morgan fingerprint density at radius 1 is 1.38 bits per heavy atom. The van der Waals surface area contributed by atoms with Crippen molar-refractivity contribution in [2.45, 2.75) is 19.8 Å². The fourth-order valence-corrected chi connectivity index (χ4v) is 1.31. The van der Waals surface area contributed by atoms with E-state index >= 15 is 0 Å². The molecule has 0 aliphatic heterocycles. The van der Waals surface area contributed by atoms with E-state index in [1.807, 2.05) is 13.8 Å². The van der Waals surface area contributed by atoms with Gasteiger partial charge in [0.1, 0.15) is 0 Å². The van der Waals surface area contributed by atoms with Crippen molar-refractivity contribution in [2.75, 3.05) is 0 Å². The van der Waals surface area contributed by atoms with E-state index in [2.05, 4.69) is 0 Å². The summed E-state index contributed by atoms with van der Waals surface area (Å²) in [5.41, 5.74) is 1.20. The van der Waals surface area contributed by atoms with E-state index < -0.39 is 5.97 Å². The van der Waals surface area contributed by atoms with E-state index in [-0.39, 0.29) is 11.5 Å². The molecule has 0 radical (unpaired) electrons. The maximum absolute atomic E-state index is 10.7. The van der Waals surface area contributed by atoms with Gasteiger partial charge in [0.25, 0.3) is 0 Å². The Morgan fingerprint density at radius 2 is 2.00 bits per heavy atom. The van der Waals surface area contributed by atoms with E-state index in [0.717, 1.165) is 5.56 Å². The van der Waals surface area contributed by atoms with Gasteiger partial charge in [-0.25, -0.2) is 4.79 Å². The highest BCUT2D eigenvalue weighted by molar-refractivity contribution is 6.31. The van der Waals surface area contributed by atoms with Gasteiger partial charge in [-0.1, -0.05) is 25.4 Å². The molecule has 2 nitrogen and oxygen atoms in total. The van der Waals surface area contributed by atoms with Crippen LogP contribution in [0.2, 0.25) is 5.02 Å². The molecule has 13 heavy (non-hydrogen) atoms. The molecule has 0 aliphatic rings. The van der Waals surface area contributed by atoms with Gasteiger partial charge < -0.3 is 5.11 Å². The zero-order valence-corrected chi connectivity index (χ0v) is 8.30. The minimum absolute atomic E-state index is 0.246. The van der Waals surface area contributed by atoms with Crippen LogP contribution < -0.4 is 0 Å². The van der Waals surface area contributed by atoms with Crippen LogP contribution in [0, 0.1) is 0 Å². The summed E-state index contributed by atoms with van der Waals surface area (Å²) in [5.74, 6) is -0.652. The molecule has 0 unspecified atom stereocenters. The van der Waals surface area contributed by atoms with Crippen molar-refractivity contribution < 1.29 is 9.90 Å². The van der Waals surface area contributed by atoms with Gasteiger partial charge in [-0.05, 0) is 29.7 Å². The standard InChI is InChI=1S/C10H11ClO2/c1-6(2)7-3-8(10(12)13)5-9(11)4-7/h3-6H,1-2H3,(H,12,13). The van der Waals surface area contributed by atoms with Crippen molar-refractivity contribution in [1.29, 1.82) is 0 Å². The Hall–Kier alpha value is -1.02. The van der Waals surface area contributed by atoms with Gasteiger partial charge in [0.05, 0.1) is 5.56 Å². The number of hydrogen-bond acceptors (Lipinski definition) is 1. The zero-order valence-electron chi connectivity index (χ0n) is 7.54. The van der Waals surface area contributed by atoms with Crippen molar-refractivity contribution in [3.8, 4) is 0 Å². The topological polar surface area (TPSA) is 37.3 Å². The van der Waals surface area contributed by atoms with Crippen molar-refractivity contribution in [3.63, 3.8) is 0 Å². The summed E-state index contributed by atoms with van der Waals surface area (Å²) < 4.78 is 0. The molecule has 0 bridgehead atoms. The number of hydrogen-bond donors (Lipinski definition) is 1. The number of benzene rings is 1. The molecule has 1 rings (SSSR count). The highest BCUT2D eigenvalue weighted by Gasteiger charge is 2.07. The quantitative estimate of drug-likeness (QED) is 0.793. The average molecular weight is 199 g/mol. The number of halogens is 1. The molecule has 1 N–H and O–H groups in total. The van der Waals surface area contributed by atoms with Gasteiger partial charge in [-0.15, -0.1) is 0 Å². The SMILES string of the molecule is CC(C)c1cc(Cl)cc(C(=O)O)c1. The van der Waals surface area contributed by atoms with Gasteiger partial charge in [0.15, 0.2) is 0 Å². The Balaban J connectivity index is 3.19. The van der Waals surface area contributed by atoms with E-state index in [1.165, 1.54) is 6.07 Å². The molecule has 0 aliphatic carbocycles. The number of carboxylic acids is 1. The summed E-state index contributed by atoms with van der Waals surface area (Å²) >= 11 is 5.77. The molecular weight excluding hydrogens is 188 g/mol. The van der Waals surface area contributed by atoms with Crippen LogP contribution in [0.1, 0.15) is 35.7 Å². The van der Waals surface area contributed by atoms with Crippen LogP contribution in [-0.4, -0.2) is 11.1 Å². The number of aromatic carboxylic acids is 1. The van der Waals surface area contributed by atoms with Crippen LogP contribution in [0.5, 0.6) is 0 Å². The van der Waals surface area contributed by atoms with Crippen LogP contribution in [0.25, 0.3) is 0 Å². The lowest BCUT2D eigenvalue weighted by Crippen LogP contribution is -1.98. The van der Waals surface area contributed by atoms with Crippen LogP contribution in [0.4, 0.5) is 0 Å². The Morgan fingerprint density at radius 3 is 2.46 bits per heavy atom. The maximum Gasteiger partial charge on any atom is 0.335 e. The molecule has 0 saturated carbocycles. The van der Waals surface area contributed by atoms with Gasteiger partial charge in [-0.3, -0.25) is 0 Å². The maximum atomic E-state index is 10.7. The highest BCUT2D eigenvalue weighted by atomic mass is 35.5. The first-order valence-electron chi connectivity index (χ1n) is 4.04. The first-order chi connectivity index (χ1) is 6.00. The Bertz CT molecular complexity index is 332.